The molecule has 6 atom stereocenters. The van der Waals surface area contributed by atoms with Crippen LogP contribution in [0.5, 0.6) is 0 Å². The Morgan fingerprint density at radius 1 is 1.11 bits per heavy atom. The molecule has 0 bridgehead atoms. The zero-order valence-electron chi connectivity index (χ0n) is 23.7. The molecule has 0 saturated heterocycles. The van der Waals surface area contributed by atoms with E-state index in [0.29, 0.717) is 38.6 Å². The van der Waals surface area contributed by atoms with Crippen molar-refractivity contribution in [1.82, 2.24) is 16.0 Å². The van der Waals surface area contributed by atoms with Crippen molar-refractivity contribution in [3.8, 4) is 0 Å². The van der Waals surface area contributed by atoms with Gasteiger partial charge in [-0.2, -0.15) is 0 Å². The largest absolute Gasteiger partial charge is 0.391 e. The second-order valence-electron chi connectivity index (χ2n) is 11.1. The second kappa shape index (κ2) is 15.8. The van der Waals surface area contributed by atoms with Crippen molar-refractivity contribution in [1.29, 1.82) is 0 Å². The number of aliphatic hydroxyl groups is 2. The highest BCUT2D eigenvalue weighted by Gasteiger charge is 2.43. The second-order valence-corrected chi connectivity index (χ2v) is 11.1. The van der Waals surface area contributed by atoms with Crippen LogP contribution in [-0.4, -0.2) is 58.3 Å². The molecule has 0 unspecified atom stereocenters. The third kappa shape index (κ3) is 10.0. The van der Waals surface area contributed by atoms with Gasteiger partial charge in [0.1, 0.15) is 0 Å². The monoisotopic (exact) mass is 531 g/mol. The van der Waals surface area contributed by atoms with Crippen molar-refractivity contribution in [2.45, 2.75) is 116 Å². The quantitative estimate of drug-likeness (QED) is 0.222. The fraction of sp³-hybridized carbons (Fsp3) is 0.700. The van der Waals surface area contributed by atoms with E-state index in [1.165, 1.54) is 6.92 Å². The molecule has 0 spiro atoms. The first-order chi connectivity index (χ1) is 18.1. The van der Waals surface area contributed by atoms with Gasteiger partial charge in [-0.1, -0.05) is 63.9 Å². The first-order valence-corrected chi connectivity index (χ1v) is 14.4. The lowest BCUT2D eigenvalue weighted by Crippen LogP contribution is -2.56. The number of hydrogen-bond donors (Lipinski definition) is 5. The van der Waals surface area contributed by atoms with Gasteiger partial charge in [-0.15, -0.1) is 0 Å². The number of nitrogens with one attached hydrogen (secondary N) is 3. The van der Waals surface area contributed by atoms with Crippen LogP contribution in [0.2, 0.25) is 0 Å². The number of rotatable bonds is 15. The lowest BCUT2D eigenvalue weighted by molar-refractivity contribution is -0.134. The van der Waals surface area contributed by atoms with E-state index in [4.69, 9.17) is 0 Å². The summed E-state index contributed by atoms with van der Waals surface area (Å²) < 4.78 is 0. The Bertz CT molecular complexity index is 880. The molecule has 8 nitrogen and oxygen atoms in total. The average Bonchev–Trinajstić information content (AvgIpc) is 2.88. The standard InChI is InChI=1S/C30H49N3O5/c1-5-7-17-31-28(36)21(3)18-26(35)25(19-23-13-9-8-10-14-23)33-29(37)24-15-11-16-30(38,20-24)27(12-6-2)32-22(4)34/h8-10,13-14,21,24-27,35,38H,5-7,11-12,15-20H2,1-4H3,(H,31,36)(H,32,34)(H,33,37)/t21-,24-,25+,26+,27+,30-/m1/s1. The Labute approximate surface area is 228 Å². The summed E-state index contributed by atoms with van der Waals surface area (Å²) in [4.78, 5) is 37.8. The number of hydrogen-bond acceptors (Lipinski definition) is 5. The van der Waals surface area contributed by atoms with Crippen LogP contribution in [0.1, 0.15) is 91.0 Å². The van der Waals surface area contributed by atoms with E-state index in [9.17, 15) is 24.6 Å². The summed E-state index contributed by atoms with van der Waals surface area (Å²) in [6.07, 6.45) is 5.18. The van der Waals surface area contributed by atoms with E-state index in [1.54, 1.807) is 6.92 Å². The maximum absolute atomic E-state index is 13.5. The highest BCUT2D eigenvalue weighted by Crippen LogP contribution is 2.36. The SMILES string of the molecule is CCCCNC(=O)[C@H](C)C[C@H](O)[C@H](Cc1ccccc1)NC(=O)[C@@H]1CCC[C@](O)([C@H](CCC)NC(C)=O)C1. The van der Waals surface area contributed by atoms with Crippen LogP contribution in [0.4, 0.5) is 0 Å². The van der Waals surface area contributed by atoms with Gasteiger partial charge in [0.15, 0.2) is 0 Å². The van der Waals surface area contributed by atoms with E-state index in [2.05, 4.69) is 22.9 Å². The zero-order valence-corrected chi connectivity index (χ0v) is 23.7. The van der Waals surface area contributed by atoms with Crippen molar-refractivity contribution < 1.29 is 24.6 Å². The Morgan fingerprint density at radius 2 is 1.82 bits per heavy atom. The summed E-state index contributed by atoms with van der Waals surface area (Å²) >= 11 is 0. The van der Waals surface area contributed by atoms with Crippen molar-refractivity contribution >= 4 is 17.7 Å². The summed E-state index contributed by atoms with van der Waals surface area (Å²) in [5.74, 6) is -1.32. The predicted octanol–water partition coefficient (Wildman–Crippen LogP) is 3.24. The van der Waals surface area contributed by atoms with E-state index >= 15 is 0 Å². The minimum atomic E-state index is -1.15. The maximum Gasteiger partial charge on any atom is 0.223 e. The minimum absolute atomic E-state index is 0.0976. The first-order valence-electron chi connectivity index (χ1n) is 14.4. The summed E-state index contributed by atoms with van der Waals surface area (Å²) in [7, 11) is 0. The summed E-state index contributed by atoms with van der Waals surface area (Å²) in [5, 5.41) is 31.5. The minimum Gasteiger partial charge on any atom is -0.391 e. The number of aliphatic hydroxyl groups excluding tert-OH is 1. The zero-order chi connectivity index (χ0) is 28.1. The van der Waals surface area contributed by atoms with Gasteiger partial charge in [0.05, 0.1) is 23.8 Å². The molecule has 3 amide bonds. The van der Waals surface area contributed by atoms with Crippen LogP contribution in [0.3, 0.4) is 0 Å². The molecule has 214 valence electrons. The van der Waals surface area contributed by atoms with Gasteiger partial charge >= 0.3 is 0 Å². The van der Waals surface area contributed by atoms with Gasteiger partial charge < -0.3 is 26.2 Å². The molecule has 1 aromatic rings. The summed E-state index contributed by atoms with van der Waals surface area (Å²) in [6.45, 7) is 7.92. The molecule has 1 saturated carbocycles. The molecular weight excluding hydrogens is 482 g/mol. The molecule has 8 heteroatoms. The Kier molecular flexibility index (Phi) is 13.2. The van der Waals surface area contributed by atoms with Gasteiger partial charge in [0, 0.05) is 25.3 Å². The van der Waals surface area contributed by atoms with Gasteiger partial charge in [0.25, 0.3) is 0 Å². The number of carbonyl (C=O) groups excluding carboxylic acids is 3. The molecule has 1 aliphatic rings. The Balaban J connectivity index is 2.13. The fourth-order valence-corrected chi connectivity index (χ4v) is 5.48. The number of unbranched alkanes of at least 4 members (excludes halogenated alkanes) is 1. The highest BCUT2D eigenvalue weighted by molar-refractivity contribution is 5.80. The van der Waals surface area contributed by atoms with Crippen molar-refractivity contribution in [2.75, 3.05) is 6.54 Å². The number of amides is 3. The predicted molar refractivity (Wildman–Crippen MR) is 149 cm³/mol. The van der Waals surface area contributed by atoms with Crippen LogP contribution in [0.15, 0.2) is 30.3 Å². The van der Waals surface area contributed by atoms with Gasteiger partial charge in [-0.05, 0) is 56.9 Å². The topological polar surface area (TPSA) is 128 Å². The molecule has 5 N–H and O–H groups in total. The molecule has 0 radical (unpaired) electrons. The number of benzene rings is 1. The fourth-order valence-electron chi connectivity index (χ4n) is 5.48. The summed E-state index contributed by atoms with van der Waals surface area (Å²) in [5.41, 5.74) is -0.175. The van der Waals surface area contributed by atoms with Crippen molar-refractivity contribution in [3.63, 3.8) is 0 Å². The summed E-state index contributed by atoms with van der Waals surface area (Å²) in [6, 6.07) is 8.68. The van der Waals surface area contributed by atoms with Crippen LogP contribution in [0, 0.1) is 11.8 Å². The molecule has 2 rings (SSSR count). The lowest BCUT2D eigenvalue weighted by atomic mass is 9.72. The van der Waals surface area contributed by atoms with E-state index in [0.717, 1.165) is 24.8 Å². The molecule has 0 heterocycles. The normalized spacial score (nSPS) is 22.5. The van der Waals surface area contributed by atoms with Crippen LogP contribution >= 0.6 is 0 Å². The Hall–Kier alpha value is -2.45. The van der Waals surface area contributed by atoms with Gasteiger partial charge in [0.2, 0.25) is 17.7 Å². The molecule has 0 aliphatic heterocycles. The van der Waals surface area contributed by atoms with E-state index in [1.807, 2.05) is 37.3 Å². The smallest absolute Gasteiger partial charge is 0.223 e. The third-order valence-corrected chi connectivity index (χ3v) is 7.70. The Morgan fingerprint density at radius 3 is 2.45 bits per heavy atom. The molecule has 38 heavy (non-hydrogen) atoms. The third-order valence-electron chi connectivity index (χ3n) is 7.70. The lowest BCUT2D eigenvalue weighted by Gasteiger charge is -2.42. The average molecular weight is 532 g/mol. The molecule has 0 aromatic heterocycles. The molecule has 1 aliphatic carbocycles. The van der Waals surface area contributed by atoms with Crippen LogP contribution < -0.4 is 16.0 Å². The maximum atomic E-state index is 13.5. The van der Waals surface area contributed by atoms with E-state index < -0.39 is 35.6 Å². The van der Waals surface area contributed by atoms with Crippen LogP contribution in [-0.2, 0) is 20.8 Å². The van der Waals surface area contributed by atoms with Gasteiger partial charge in [-0.3, -0.25) is 14.4 Å². The first kappa shape index (κ1) is 31.8. The molecule has 1 aromatic carbocycles. The van der Waals surface area contributed by atoms with Crippen molar-refractivity contribution in [3.05, 3.63) is 35.9 Å². The molecule has 1 fully saturated rings. The van der Waals surface area contributed by atoms with Gasteiger partial charge in [-0.25, -0.2) is 0 Å². The highest BCUT2D eigenvalue weighted by atomic mass is 16.3. The molecular formula is C30H49N3O5. The van der Waals surface area contributed by atoms with E-state index in [-0.39, 0.29) is 30.6 Å². The van der Waals surface area contributed by atoms with Crippen LogP contribution in [0.25, 0.3) is 0 Å². The van der Waals surface area contributed by atoms with Crippen molar-refractivity contribution in [2.24, 2.45) is 11.8 Å². The number of carbonyl (C=O) groups is 3.